The van der Waals surface area contributed by atoms with Crippen molar-refractivity contribution in [3.63, 3.8) is 0 Å². The van der Waals surface area contributed by atoms with Crippen molar-refractivity contribution in [2.45, 2.75) is 18.1 Å². The van der Waals surface area contributed by atoms with Gasteiger partial charge in [0.1, 0.15) is 5.82 Å². The number of para-hydroxylation sites is 1. The van der Waals surface area contributed by atoms with Crippen LogP contribution in [-0.4, -0.2) is 37.0 Å². The zero-order valence-corrected chi connectivity index (χ0v) is 11.9. The van der Waals surface area contributed by atoms with Gasteiger partial charge in [0.25, 0.3) is 0 Å². The fraction of sp³-hybridized carbons (Fsp3) is 0.500. The Hall–Kier alpha value is -1.07. The second-order valence-corrected chi connectivity index (χ2v) is 5.95. The molecule has 104 valence electrons. The Morgan fingerprint density at radius 3 is 2.79 bits per heavy atom. The summed E-state index contributed by atoms with van der Waals surface area (Å²) < 4.78 is 13.6. The molecule has 1 aliphatic heterocycles. The van der Waals surface area contributed by atoms with Crippen LogP contribution in [-0.2, 0) is 4.79 Å². The van der Waals surface area contributed by atoms with Gasteiger partial charge in [0.15, 0.2) is 0 Å². The van der Waals surface area contributed by atoms with Crippen molar-refractivity contribution < 1.29 is 9.18 Å². The number of benzene rings is 1. The average molecular weight is 282 g/mol. The molecule has 19 heavy (non-hydrogen) atoms. The molecule has 0 aliphatic carbocycles. The van der Waals surface area contributed by atoms with Gasteiger partial charge in [-0.05, 0) is 38.1 Å². The second-order valence-electron chi connectivity index (χ2n) is 4.66. The summed E-state index contributed by atoms with van der Waals surface area (Å²) in [6.45, 7) is 2.05. The predicted octanol–water partition coefficient (Wildman–Crippen LogP) is 2.27. The molecule has 1 aromatic carbocycles. The van der Waals surface area contributed by atoms with Crippen LogP contribution in [0.2, 0.25) is 0 Å². The molecule has 1 amide bonds. The normalized spacial score (nSPS) is 16.3. The third-order valence-electron chi connectivity index (χ3n) is 3.32. The van der Waals surface area contributed by atoms with Crippen molar-refractivity contribution in [3.05, 3.63) is 30.1 Å². The first kappa shape index (κ1) is 14.3. The molecule has 5 heteroatoms. The Labute approximate surface area is 117 Å². The summed E-state index contributed by atoms with van der Waals surface area (Å²) in [5.41, 5.74) is 0.346. The number of rotatable bonds is 4. The molecule has 0 atom stereocenters. The number of nitrogens with zero attached hydrogens (tertiary/aromatic N) is 1. The van der Waals surface area contributed by atoms with E-state index in [2.05, 4.69) is 5.32 Å². The Kier molecular flexibility index (Phi) is 5.22. The monoisotopic (exact) mass is 282 g/mol. The third-order valence-corrected chi connectivity index (χ3v) is 4.67. The maximum Gasteiger partial charge on any atom is 0.236 e. The third kappa shape index (κ3) is 3.94. The van der Waals surface area contributed by atoms with Gasteiger partial charge in [-0.3, -0.25) is 4.79 Å². The first-order valence-electron chi connectivity index (χ1n) is 6.52. The lowest BCUT2D eigenvalue weighted by Crippen LogP contribution is -2.32. The molecule has 1 heterocycles. The summed E-state index contributed by atoms with van der Waals surface area (Å²) in [6.07, 6.45) is 2.20. The fourth-order valence-corrected chi connectivity index (χ4v) is 3.25. The van der Waals surface area contributed by atoms with E-state index in [0.29, 0.717) is 16.7 Å². The van der Waals surface area contributed by atoms with Crippen LogP contribution in [0, 0.1) is 5.82 Å². The van der Waals surface area contributed by atoms with E-state index < -0.39 is 0 Å². The van der Waals surface area contributed by atoms with Crippen LogP contribution in [0.3, 0.4) is 0 Å². The van der Waals surface area contributed by atoms with Gasteiger partial charge in [-0.2, -0.15) is 0 Å². The van der Waals surface area contributed by atoms with Crippen molar-refractivity contribution >= 4 is 23.4 Å². The molecular weight excluding hydrogens is 263 g/mol. The number of carbonyl (C=O) groups excluding carboxylic acids is 1. The van der Waals surface area contributed by atoms with Crippen LogP contribution < -0.4 is 10.2 Å². The average Bonchev–Trinajstić information content (AvgIpc) is 2.45. The molecule has 1 fully saturated rings. The number of halogens is 1. The van der Waals surface area contributed by atoms with E-state index in [0.717, 1.165) is 25.9 Å². The standard InChI is InChI=1S/C14H19FN2OS/c1-17(13-5-3-2-4-12(13)15)14(18)10-19-11-6-8-16-9-7-11/h2-5,11,16H,6-10H2,1H3. The van der Waals surface area contributed by atoms with Crippen molar-refractivity contribution in [1.29, 1.82) is 0 Å². The van der Waals surface area contributed by atoms with E-state index in [1.807, 2.05) is 0 Å². The van der Waals surface area contributed by atoms with Crippen molar-refractivity contribution in [3.8, 4) is 0 Å². The predicted molar refractivity (Wildman–Crippen MR) is 78.2 cm³/mol. The highest BCUT2D eigenvalue weighted by atomic mass is 32.2. The second kappa shape index (κ2) is 6.91. The van der Waals surface area contributed by atoms with Gasteiger partial charge < -0.3 is 10.2 Å². The van der Waals surface area contributed by atoms with Crippen molar-refractivity contribution in [1.82, 2.24) is 5.32 Å². The molecule has 0 bridgehead atoms. The van der Waals surface area contributed by atoms with Gasteiger partial charge in [0, 0.05) is 12.3 Å². The van der Waals surface area contributed by atoms with Gasteiger partial charge in [0.05, 0.1) is 11.4 Å². The van der Waals surface area contributed by atoms with Gasteiger partial charge >= 0.3 is 0 Å². The maximum atomic E-state index is 13.6. The molecule has 0 aromatic heterocycles. The zero-order valence-electron chi connectivity index (χ0n) is 11.1. The summed E-state index contributed by atoms with van der Waals surface area (Å²) in [5, 5.41) is 3.84. The molecule has 0 spiro atoms. The van der Waals surface area contributed by atoms with E-state index in [-0.39, 0.29) is 11.7 Å². The molecule has 2 rings (SSSR count). The molecule has 0 saturated carbocycles. The van der Waals surface area contributed by atoms with Gasteiger partial charge in [0.2, 0.25) is 5.91 Å². The van der Waals surface area contributed by atoms with E-state index in [9.17, 15) is 9.18 Å². The number of carbonyl (C=O) groups is 1. The topological polar surface area (TPSA) is 32.3 Å². The van der Waals surface area contributed by atoms with Crippen LogP contribution in [0.15, 0.2) is 24.3 Å². The quantitative estimate of drug-likeness (QED) is 0.919. The summed E-state index contributed by atoms with van der Waals surface area (Å²) >= 11 is 1.68. The summed E-state index contributed by atoms with van der Waals surface area (Å²) in [5.74, 6) is 0.00836. The van der Waals surface area contributed by atoms with Crippen LogP contribution >= 0.6 is 11.8 Å². The Bertz CT molecular complexity index is 435. The molecule has 1 aromatic rings. The molecule has 0 unspecified atom stereocenters. The van der Waals surface area contributed by atoms with E-state index in [4.69, 9.17) is 0 Å². The van der Waals surface area contributed by atoms with Gasteiger partial charge in [-0.15, -0.1) is 11.8 Å². The minimum absolute atomic E-state index is 0.0476. The highest BCUT2D eigenvalue weighted by molar-refractivity contribution is 8.00. The van der Waals surface area contributed by atoms with E-state index in [1.54, 1.807) is 37.0 Å². The van der Waals surface area contributed by atoms with E-state index >= 15 is 0 Å². The fourth-order valence-electron chi connectivity index (χ4n) is 2.11. The smallest absolute Gasteiger partial charge is 0.236 e. The SMILES string of the molecule is CN(C(=O)CSC1CCNCC1)c1ccccc1F. The van der Waals surface area contributed by atoms with Crippen LogP contribution in [0.25, 0.3) is 0 Å². The zero-order chi connectivity index (χ0) is 13.7. The first-order valence-corrected chi connectivity index (χ1v) is 7.57. The molecule has 0 radical (unpaired) electrons. The highest BCUT2D eigenvalue weighted by Gasteiger charge is 2.18. The summed E-state index contributed by atoms with van der Waals surface area (Å²) in [4.78, 5) is 13.5. The number of hydrogen-bond donors (Lipinski definition) is 1. The largest absolute Gasteiger partial charge is 0.317 e. The molecule has 1 aliphatic rings. The lowest BCUT2D eigenvalue weighted by atomic mass is 10.2. The first-order chi connectivity index (χ1) is 9.18. The Balaban J connectivity index is 1.87. The number of nitrogens with one attached hydrogen (secondary N) is 1. The summed E-state index contributed by atoms with van der Waals surface area (Å²) in [7, 11) is 1.63. The lowest BCUT2D eigenvalue weighted by Gasteiger charge is -2.23. The molecule has 1 saturated heterocycles. The summed E-state index contributed by atoms with van der Waals surface area (Å²) in [6, 6.07) is 6.37. The number of hydrogen-bond acceptors (Lipinski definition) is 3. The number of anilines is 1. The van der Waals surface area contributed by atoms with Crippen molar-refractivity contribution in [2.75, 3.05) is 30.8 Å². The van der Waals surface area contributed by atoms with E-state index in [1.165, 1.54) is 11.0 Å². The Morgan fingerprint density at radius 1 is 1.42 bits per heavy atom. The number of thioether (sulfide) groups is 1. The molecular formula is C14H19FN2OS. The van der Waals surface area contributed by atoms with Gasteiger partial charge in [-0.25, -0.2) is 4.39 Å². The maximum absolute atomic E-state index is 13.6. The minimum Gasteiger partial charge on any atom is -0.317 e. The number of piperidine rings is 1. The van der Waals surface area contributed by atoms with Crippen LogP contribution in [0.4, 0.5) is 10.1 Å². The highest BCUT2D eigenvalue weighted by Crippen LogP contribution is 2.22. The minimum atomic E-state index is -0.356. The van der Waals surface area contributed by atoms with Crippen LogP contribution in [0.1, 0.15) is 12.8 Å². The Morgan fingerprint density at radius 2 is 2.11 bits per heavy atom. The van der Waals surface area contributed by atoms with Gasteiger partial charge in [-0.1, -0.05) is 12.1 Å². The van der Waals surface area contributed by atoms with Crippen LogP contribution in [0.5, 0.6) is 0 Å². The molecule has 3 nitrogen and oxygen atoms in total. The number of amides is 1. The lowest BCUT2D eigenvalue weighted by molar-refractivity contribution is -0.115. The van der Waals surface area contributed by atoms with Crippen molar-refractivity contribution in [2.24, 2.45) is 0 Å². The molecule has 1 N–H and O–H groups in total.